The molecule has 0 radical (unpaired) electrons. The zero-order chi connectivity index (χ0) is 19.9. The van der Waals surface area contributed by atoms with E-state index in [9.17, 15) is 9.59 Å². The van der Waals surface area contributed by atoms with E-state index in [4.69, 9.17) is 9.15 Å². The molecule has 1 aromatic heterocycles. The van der Waals surface area contributed by atoms with Crippen molar-refractivity contribution in [1.82, 2.24) is 15.6 Å². The van der Waals surface area contributed by atoms with E-state index in [1.807, 2.05) is 37.3 Å². The number of carbonyl (C=O) groups is 2. The monoisotopic (exact) mass is 385 g/mol. The number of urea groups is 1. The molecule has 0 bridgehead atoms. The Balaban J connectivity index is 1.48. The van der Waals surface area contributed by atoms with Crippen molar-refractivity contribution >= 4 is 12.0 Å². The molecule has 0 saturated heterocycles. The highest BCUT2D eigenvalue weighted by atomic mass is 16.5. The number of rotatable bonds is 6. The number of esters is 1. The second-order valence-corrected chi connectivity index (χ2v) is 7.03. The Labute approximate surface area is 164 Å². The molecule has 2 N–H and O–H groups in total. The first-order valence-electron chi connectivity index (χ1n) is 9.80. The average Bonchev–Trinajstić information content (AvgIpc) is 3.04. The number of aromatic nitrogens is 1. The summed E-state index contributed by atoms with van der Waals surface area (Å²) in [7, 11) is 0. The molecule has 7 heteroatoms. The molecule has 1 aromatic carbocycles. The van der Waals surface area contributed by atoms with Gasteiger partial charge < -0.3 is 19.8 Å². The zero-order valence-electron chi connectivity index (χ0n) is 16.4. The summed E-state index contributed by atoms with van der Waals surface area (Å²) < 4.78 is 11.3. The summed E-state index contributed by atoms with van der Waals surface area (Å²) in [6.07, 6.45) is 3.08. The fraction of sp³-hybridized carbons (Fsp3) is 0.476. The second-order valence-electron chi connectivity index (χ2n) is 7.03. The van der Waals surface area contributed by atoms with Crippen LogP contribution in [0.5, 0.6) is 0 Å². The van der Waals surface area contributed by atoms with Gasteiger partial charge in [-0.05, 0) is 51.7 Å². The summed E-state index contributed by atoms with van der Waals surface area (Å²) in [6.45, 7) is 4.29. The lowest BCUT2D eigenvalue weighted by Crippen LogP contribution is -2.44. The number of nitrogens with zero attached hydrogens (tertiary/aromatic N) is 1. The molecule has 1 aliphatic carbocycles. The van der Waals surface area contributed by atoms with Gasteiger partial charge in [-0.2, -0.15) is 0 Å². The van der Waals surface area contributed by atoms with Gasteiger partial charge in [0.1, 0.15) is 11.9 Å². The van der Waals surface area contributed by atoms with Gasteiger partial charge in [-0.25, -0.2) is 9.78 Å². The van der Waals surface area contributed by atoms with Gasteiger partial charge in [-0.3, -0.25) is 4.79 Å². The lowest BCUT2D eigenvalue weighted by molar-refractivity contribution is -0.149. The first-order chi connectivity index (χ1) is 13.5. The van der Waals surface area contributed by atoms with Crippen LogP contribution in [0.25, 0.3) is 11.5 Å². The molecule has 3 rings (SSSR count). The fourth-order valence-electron chi connectivity index (χ4n) is 3.38. The number of benzene rings is 1. The van der Waals surface area contributed by atoms with Gasteiger partial charge in [0.2, 0.25) is 5.89 Å². The number of nitrogens with one attached hydrogen (secondary N) is 2. The molecule has 0 atom stereocenters. The summed E-state index contributed by atoms with van der Waals surface area (Å²) >= 11 is 0. The highest BCUT2D eigenvalue weighted by Gasteiger charge is 2.25. The number of aryl methyl sites for hydroxylation is 1. The lowest BCUT2D eigenvalue weighted by Gasteiger charge is -2.28. The Bertz CT molecular complexity index is 795. The molecule has 0 spiro atoms. The molecular weight excluding hydrogens is 358 g/mol. The molecular formula is C21H27N3O4. The number of hydrogen-bond acceptors (Lipinski definition) is 5. The Kier molecular flexibility index (Phi) is 6.68. The summed E-state index contributed by atoms with van der Waals surface area (Å²) in [5.41, 5.74) is 1.48. The average molecular weight is 385 g/mol. The zero-order valence-corrected chi connectivity index (χ0v) is 16.4. The largest absolute Gasteiger partial charge is 0.462 e. The Morgan fingerprint density at radius 2 is 1.89 bits per heavy atom. The van der Waals surface area contributed by atoms with Gasteiger partial charge in [-0.15, -0.1) is 0 Å². The van der Waals surface area contributed by atoms with Crippen LogP contribution < -0.4 is 10.6 Å². The van der Waals surface area contributed by atoms with Crippen molar-refractivity contribution in [3.63, 3.8) is 0 Å². The topological polar surface area (TPSA) is 93.5 Å². The van der Waals surface area contributed by atoms with Crippen LogP contribution >= 0.6 is 0 Å². The third-order valence-electron chi connectivity index (χ3n) is 4.87. The van der Waals surface area contributed by atoms with Crippen LogP contribution in [0.1, 0.15) is 44.1 Å². The molecule has 2 amide bonds. The van der Waals surface area contributed by atoms with Crippen molar-refractivity contribution in [3.05, 3.63) is 41.8 Å². The number of amides is 2. The maximum absolute atomic E-state index is 12.3. The number of oxazole rings is 1. The highest BCUT2D eigenvalue weighted by Crippen LogP contribution is 2.24. The minimum Gasteiger partial charge on any atom is -0.462 e. The second kappa shape index (κ2) is 9.39. The standard InChI is InChI=1S/C21H27N3O4/c1-3-22-21(26)23-16-9-11-17(12-10-16)28-19(25)13-18-14(2)27-20(24-18)15-7-5-4-6-8-15/h4-8,16-17H,3,9-13H2,1-2H3,(H2,22,23,26). The van der Waals surface area contributed by atoms with Crippen molar-refractivity contribution in [2.75, 3.05) is 6.54 Å². The van der Waals surface area contributed by atoms with Crippen molar-refractivity contribution in [1.29, 1.82) is 0 Å². The van der Waals surface area contributed by atoms with Gasteiger partial charge in [-0.1, -0.05) is 18.2 Å². The van der Waals surface area contributed by atoms with Gasteiger partial charge in [0.15, 0.2) is 0 Å². The molecule has 2 aromatic rings. The highest BCUT2D eigenvalue weighted by molar-refractivity contribution is 5.74. The Morgan fingerprint density at radius 1 is 1.18 bits per heavy atom. The smallest absolute Gasteiger partial charge is 0.314 e. The number of carbonyl (C=O) groups excluding carboxylic acids is 2. The van der Waals surface area contributed by atoms with E-state index < -0.39 is 0 Å². The number of ether oxygens (including phenoxy) is 1. The van der Waals surface area contributed by atoms with Crippen LogP contribution in [0.15, 0.2) is 34.7 Å². The molecule has 0 unspecified atom stereocenters. The number of hydrogen-bond donors (Lipinski definition) is 2. The first kappa shape index (κ1) is 19.9. The third-order valence-corrected chi connectivity index (χ3v) is 4.87. The van der Waals surface area contributed by atoms with Crippen molar-refractivity contribution in [2.45, 2.75) is 58.1 Å². The Morgan fingerprint density at radius 3 is 2.57 bits per heavy atom. The van der Waals surface area contributed by atoms with E-state index >= 15 is 0 Å². The summed E-state index contributed by atoms with van der Waals surface area (Å²) in [6, 6.07) is 9.59. The van der Waals surface area contributed by atoms with Crippen LogP contribution in [-0.2, 0) is 16.0 Å². The first-order valence-corrected chi connectivity index (χ1v) is 9.80. The van der Waals surface area contributed by atoms with Crippen molar-refractivity contribution in [2.24, 2.45) is 0 Å². The SMILES string of the molecule is CCNC(=O)NC1CCC(OC(=O)Cc2nc(-c3ccccc3)oc2C)CC1. The maximum atomic E-state index is 12.3. The lowest BCUT2D eigenvalue weighted by atomic mass is 9.93. The minimum absolute atomic E-state index is 0.0965. The van der Waals surface area contributed by atoms with Crippen LogP contribution in [-0.4, -0.2) is 35.7 Å². The summed E-state index contributed by atoms with van der Waals surface area (Å²) in [4.78, 5) is 28.4. The van der Waals surface area contributed by atoms with E-state index in [1.54, 1.807) is 6.92 Å². The molecule has 1 heterocycles. The van der Waals surface area contributed by atoms with Crippen molar-refractivity contribution < 1.29 is 18.7 Å². The van der Waals surface area contributed by atoms with Crippen molar-refractivity contribution in [3.8, 4) is 11.5 Å². The van der Waals surface area contributed by atoms with Crippen LogP contribution in [0.2, 0.25) is 0 Å². The normalized spacial score (nSPS) is 19.1. The van der Waals surface area contributed by atoms with Gasteiger partial charge in [0, 0.05) is 18.2 Å². The quantitative estimate of drug-likeness (QED) is 0.744. The predicted octanol–water partition coefficient (Wildman–Crippen LogP) is 3.37. The van der Waals surface area contributed by atoms with Crippen LogP contribution in [0, 0.1) is 6.92 Å². The van der Waals surface area contributed by atoms with E-state index in [0.29, 0.717) is 23.9 Å². The summed E-state index contributed by atoms with van der Waals surface area (Å²) in [5, 5.41) is 5.68. The Hall–Kier alpha value is -2.83. The van der Waals surface area contributed by atoms with Gasteiger partial charge in [0.25, 0.3) is 0 Å². The maximum Gasteiger partial charge on any atom is 0.314 e. The summed E-state index contributed by atoms with van der Waals surface area (Å²) in [5.74, 6) is 0.847. The molecule has 150 valence electrons. The van der Waals surface area contributed by atoms with Crippen LogP contribution in [0.3, 0.4) is 0 Å². The molecule has 7 nitrogen and oxygen atoms in total. The third kappa shape index (κ3) is 5.34. The van der Waals surface area contributed by atoms with E-state index in [-0.39, 0.29) is 30.6 Å². The minimum atomic E-state index is -0.295. The van der Waals surface area contributed by atoms with Crippen LogP contribution in [0.4, 0.5) is 4.79 Å². The fourth-order valence-corrected chi connectivity index (χ4v) is 3.38. The van der Waals surface area contributed by atoms with E-state index in [0.717, 1.165) is 31.2 Å². The molecule has 1 aliphatic rings. The van der Waals surface area contributed by atoms with Gasteiger partial charge in [0.05, 0.1) is 12.1 Å². The van der Waals surface area contributed by atoms with E-state index in [1.165, 1.54) is 0 Å². The predicted molar refractivity (Wildman–Crippen MR) is 105 cm³/mol. The van der Waals surface area contributed by atoms with E-state index in [2.05, 4.69) is 15.6 Å². The molecule has 0 aliphatic heterocycles. The van der Waals surface area contributed by atoms with Gasteiger partial charge >= 0.3 is 12.0 Å². The molecule has 28 heavy (non-hydrogen) atoms. The molecule has 1 fully saturated rings. The molecule has 1 saturated carbocycles.